The highest BCUT2D eigenvalue weighted by Gasteiger charge is 2.20. The number of H-pyrrole nitrogens is 1. The smallest absolute Gasteiger partial charge is 0.237 e. The Bertz CT molecular complexity index is 1470. The zero-order valence-electron chi connectivity index (χ0n) is 18.2. The third kappa shape index (κ3) is 4.66. The Morgan fingerprint density at radius 2 is 1.85 bits per heavy atom. The lowest BCUT2D eigenvalue weighted by molar-refractivity contribution is -0.113. The highest BCUT2D eigenvalue weighted by atomic mass is 35.5. The van der Waals surface area contributed by atoms with E-state index < -0.39 is 0 Å². The van der Waals surface area contributed by atoms with Gasteiger partial charge in [-0.25, -0.2) is 10.1 Å². The molecule has 1 amide bonds. The summed E-state index contributed by atoms with van der Waals surface area (Å²) in [6.07, 6.45) is 1.35. The van der Waals surface area contributed by atoms with Gasteiger partial charge in [0.15, 0.2) is 0 Å². The lowest BCUT2D eigenvalue weighted by atomic mass is 9.97. The van der Waals surface area contributed by atoms with Gasteiger partial charge in [-0.05, 0) is 30.7 Å². The number of halogens is 1. The van der Waals surface area contributed by atoms with E-state index >= 15 is 0 Å². The number of para-hydroxylation sites is 1. The minimum atomic E-state index is -0.193. The summed E-state index contributed by atoms with van der Waals surface area (Å²) < 4.78 is 0. The first-order valence-corrected chi connectivity index (χ1v) is 12.0. The summed E-state index contributed by atoms with van der Waals surface area (Å²) in [5.74, 6) is 0.297. The van der Waals surface area contributed by atoms with E-state index in [1.54, 1.807) is 0 Å². The molecule has 2 N–H and O–H groups in total. The SMILES string of the molecule is Cc1ccc(-c2c(SCC(=O)Nc3ncn[nH]3)c(-c3cccc(Cl)c3)nc3ccccc23)cc1. The summed E-state index contributed by atoms with van der Waals surface area (Å²) in [5.41, 5.74) is 5.84. The van der Waals surface area contributed by atoms with E-state index in [-0.39, 0.29) is 11.7 Å². The number of benzene rings is 3. The van der Waals surface area contributed by atoms with Gasteiger partial charge in [-0.1, -0.05) is 71.8 Å². The molecule has 0 saturated carbocycles. The average Bonchev–Trinajstić information content (AvgIpc) is 3.35. The van der Waals surface area contributed by atoms with E-state index in [0.717, 1.165) is 38.2 Å². The van der Waals surface area contributed by atoms with Crippen molar-refractivity contribution >= 4 is 46.1 Å². The van der Waals surface area contributed by atoms with Crippen molar-refractivity contribution in [1.29, 1.82) is 0 Å². The highest BCUT2D eigenvalue weighted by molar-refractivity contribution is 8.00. The van der Waals surface area contributed by atoms with Crippen LogP contribution in [0.25, 0.3) is 33.3 Å². The van der Waals surface area contributed by atoms with E-state index in [1.807, 2.05) is 42.5 Å². The number of aromatic nitrogens is 4. The van der Waals surface area contributed by atoms with Crippen LogP contribution in [0.15, 0.2) is 84.0 Å². The minimum Gasteiger partial charge on any atom is -0.294 e. The molecule has 5 aromatic rings. The monoisotopic (exact) mass is 485 g/mol. The average molecular weight is 486 g/mol. The molecule has 5 rings (SSSR count). The number of rotatable bonds is 6. The molecule has 0 bridgehead atoms. The number of hydrogen-bond acceptors (Lipinski definition) is 5. The molecule has 3 aromatic carbocycles. The number of pyridine rings is 1. The van der Waals surface area contributed by atoms with Gasteiger partial charge in [0, 0.05) is 26.4 Å². The molecule has 2 aromatic heterocycles. The third-order valence-corrected chi connectivity index (χ3v) is 6.63. The van der Waals surface area contributed by atoms with Gasteiger partial charge in [0.1, 0.15) is 6.33 Å². The van der Waals surface area contributed by atoms with Crippen molar-refractivity contribution < 1.29 is 4.79 Å². The van der Waals surface area contributed by atoms with Gasteiger partial charge >= 0.3 is 0 Å². The summed E-state index contributed by atoms with van der Waals surface area (Å²) in [6, 6.07) is 24.1. The lowest BCUT2D eigenvalue weighted by Gasteiger charge is -2.18. The van der Waals surface area contributed by atoms with E-state index in [2.05, 4.69) is 57.8 Å². The van der Waals surface area contributed by atoms with Crippen LogP contribution < -0.4 is 5.32 Å². The summed E-state index contributed by atoms with van der Waals surface area (Å²) in [5, 5.41) is 10.8. The van der Waals surface area contributed by atoms with Crippen LogP contribution in [0.1, 0.15) is 5.56 Å². The van der Waals surface area contributed by atoms with Crippen LogP contribution >= 0.6 is 23.4 Å². The maximum atomic E-state index is 12.7. The zero-order chi connectivity index (χ0) is 23.5. The van der Waals surface area contributed by atoms with Crippen molar-refractivity contribution in [2.75, 3.05) is 11.1 Å². The Kier molecular flexibility index (Phi) is 6.29. The standard InChI is InChI=1S/C26H20ClN5OS/c1-16-9-11-17(12-10-16)23-20-7-2-3-8-21(20)30-24(18-5-4-6-19(27)13-18)25(23)34-14-22(33)31-26-28-15-29-32-26/h2-13,15H,14H2,1H3,(H2,28,29,31,32,33). The van der Waals surface area contributed by atoms with Crippen molar-refractivity contribution in [1.82, 2.24) is 20.2 Å². The number of hydrogen-bond donors (Lipinski definition) is 2. The van der Waals surface area contributed by atoms with Crippen LogP contribution in [-0.4, -0.2) is 31.8 Å². The molecule has 0 aliphatic carbocycles. The number of anilines is 1. The summed E-state index contributed by atoms with van der Waals surface area (Å²) in [7, 11) is 0. The minimum absolute atomic E-state index is 0.174. The van der Waals surface area contributed by atoms with E-state index in [1.165, 1.54) is 23.7 Å². The van der Waals surface area contributed by atoms with Gasteiger partial charge in [0.05, 0.1) is 17.0 Å². The van der Waals surface area contributed by atoms with Crippen LogP contribution in [-0.2, 0) is 4.79 Å². The molecule has 6 nitrogen and oxygen atoms in total. The Balaban J connectivity index is 1.67. The van der Waals surface area contributed by atoms with Gasteiger partial charge in [0.2, 0.25) is 11.9 Å². The first kappa shape index (κ1) is 22.1. The predicted molar refractivity (Wildman–Crippen MR) is 138 cm³/mol. The van der Waals surface area contributed by atoms with Crippen molar-refractivity contribution in [3.05, 3.63) is 89.7 Å². The Morgan fingerprint density at radius 1 is 1.03 bits per heavy atom. The van der Waals surface area contributed by atoms with Crippen molar-refractivity contribution in [3.63, 3.8) is 0 Å². The van der Waals surface area contributed by atoms with Gasteiger partial charge < -0.3 is 0 Å². The number of carbonyl (C=O) groups excluding carboxylic acids is 1. The second-order valence-corrected chi connectivity index (χ2v) is 9.15. The van der Waals surface area contributed by atoms with Crippen molar-refractivity contribution in [2.24, 2.45) is 0 Å². The van der Waals surface area contributed by atoms with Gasteiger partial charge in [-0.15, -0.1) is 11.8 Å². The van der Waals surface area contributed by atoms with Gasteiger partial charge in [-0.3, -0.25) is 10.1 Å². The predicted octanol–water partition coefficient (Wildman–Crippen LogP) is 6.38. The fourth-order valence-corrected chi connectivity index (χ4v) is 4.96. The molecule has 34 heavy (non-hydrogen) atoms. The molecule has 8 heteroatoms. The highest BCUT2D eigenvalue weighted by Crippen LogP contribution is 2.43. The lowest BCUT2D eigenvalue weighted by Crippen LogP contribution is -2.15. The van der Waals surface area contributed by atoms with Gasteiger partial charge in [0.25, 0.3) is 0 Å². The number of thioether (sulfide) groups is 1. The maximum Gasteiger partial charge on any atom is 0.237 e. The first-order chi connectivity index (χ1) is 16.6. The van der Waals surface area contributed by atoms with Crippen LogP contribution in [0.2, 0.25) is 5.02 Å². The fraction of sp³-hybridized carbons (Fsp3) is 0.0769. The summed E-state index contributed by atoms with van der Waals surface area (Å²) >= 11 is 7.77. The normalized spacial score (nSPS) is 11.0. The van der Waals surface area contributed by atoms with Crippen molar-refractivity contribution in [3.8, 4) is 22.4 Å². The van der Waals surface area contributed by atoms with Crippen LogP contribution in [0.4, 0.5) is 5.95 Å². The summed E-state index contributed by atoms with van der Waals surface area (Å²) in [4.78, 5) is 22.6. The maximum absolute atomic E-state index is 12.7. The second kappa shape index (κ2) is 9.67. The Hall–Kier alpha value is -3.68. The van der Waals surface area contributed by atoms with Crippen LogP contribution in [0, 0.1) is 6.92 Å². The Morgan fingerprint density at radius 3 is 2.62 bits per heavy atom. The number of nitrogens with one attached hydrogen (secondary N) is 2. The number of aromatic amines is 1. The third-order valence-electron chi connectivity index (χ3n) is 5.31. The molecular formula is C26H20ClN5OS. The molecule has 2 heterocycles. The Labute approximate surface area is 205 Å². The van der Waals surface area contributed by atoms with E-state index in [9.17, 15) is 4.79 Å². The first-order valence-electron chi connectivity index (χ1n) is 10.6. The number of nitrogens with zero attached hydrogens (tertiary/aromatic N) is 3. The molecular weight excluding hydrogens is 466 g/mol. The molecule has 0 aliphatic rings. The second-order valence-electron chi connectivity index (χ2n) is 7.73. The fourth-order valence-electron chi connectivity index (χ4n) is 3.74. The molecule has 0 radical (unpaired) electrons. The molecule has 168 valence electrons. The molecule has 0 spiro atoms. The number of amides is 1. The van der Waals surface area contributed by atoms with Crippen molar-refractivity contribution in [2.45, 2.75) is 11.8 Å². The summed E-state index contributed by atoms with van der Waals surface area (Å²) in [6.45, 7) is 2.06. The zero-order valence-corrected chi connectivity index (χ0v) is 19.8. The quantitative estimate of drug-likeness (QED) is 0.273. The largest absolute Gasteiger partial charge is 0.294 e. The molecule has 0 saturated heterocycles. The van der Waals surface area contributed by atoms with E-state index in [4.69, 9.17) is 16.6 Å². The molecule has 0 unspecified atom stereocenters. The van der Waals surface area contributed by atoms with Gasteiger partial charge in [-0.2, -0.15) is 10.1 Å². The van der Waals surface area contributed by atoms with E-state index in [0.29, 0.717) is 11.0 Å². The molecule has 0 aliphatic heterocycles. The van der Waals surface area contributed by atoms with Crippen LogP contribution in [0.5, 0.6) is 0 Å². The number of aryl methyl sites for hydroxylation is 1. The molecule has 0 fully saturated rings. The molecule has 0 atom stereocenters. The number of carbonyl (C=O) groups is 1. The van der Waals surface area contributed by atoms with Crippen LogP contribution in [0.3, 0.4) is 0 Å². The topological polar surface area (TPSA) is 83.6 Å². The number of fused-ring (bicyclic) bond motifs is 1.